The molecule has 1 fully saturated rings. The normalized spacial score (nSPS) is 24.2. The Kier molecular flexibility index (Phi) is 5.48. The Morgan fingerprint density at radius 3 is 2.57 bits per heavy atom. The van der Waals surface area contributed by atoms with E-state index >= 15 is 0 Å². The lowest BCUT2D eigenvalue weighted by Crippen LogP contribution is -2.48. The van der Waals surface area contributed by atoms with Crippen LogP contribution in [0.2, 0.25) is 0 Å². The van der Waals surface area contributed by atoms with E-state index in [4.69, 9.17) is 10.5 Å². The number of hydrogen-bond acceptors (Lipinski definition) is 4. The number of nitrogens with two attached hydrogens (primary N) is 1. The first-order valence-corrected chi connectivity index (χ1v) is 8.40. The van der Waals surface area contributed by atoms with Crippen LogP contribution in [0.15, 0.2) is 12.1 Å². The molecule has 1 saturated carbocycles. The van der Waals surface area contributed by atoms with Crippen molar-refractivity contribution >= 4 is 21.6 Å². The van der Waals surface area contributed by atoms with Gasteiger partial charge in [-0.25, -0.2) is 0 Å². The van der Waals surface area contributed by atoms with Crippen molar-refractivity contribution in [3.05, 3.63) is 23.3 Å². The van der Waals surface area contributed by atoms with Gasteiger partial charge in [0, 0.05) is 17.9 Å². The molecule has 23 heavy (non-hydrogen) atoms. The number of rotatable bonds is 6. The number of hydrogen-bond donors (Lipinski definition) is 3. The fourth-order valence-electron chi connectivity index (χ4n) is 2.78. The van der Waals surface area contributed by atoms with Crippen LogP contribution >= 0.6 is 15.9 Å². The highest BCUT2D eigenvalue weighted by Crippen LogP contribution is 2.42. The SMILES string of the molecule is C[C@]1(O)C[C@@H](Nc2c(CN)cc(OCCBr)cc2C(F)(F)F)C1. The highest BCUT2D eigenvalue weighted by atomic mass is 79.9. The smallest absolute Gasteiger partial charge is 0.418 e. The summed E-state index contributed by atoms with van der Waals surface area (Å²) in [7, 11) is 0. The molecule has 8 heteroatoms. The molecule has 0 amide bonds. The van der Waals surface area contributed by atoms with Gasteiger partial charge in [-0.05, 0) is 37.5 Å². The summed E-state index contributed by atoms with van der Waals surface area (Å²) in [6.07, 6.45) is -3.72. The molecular weight excluding hydrogens is 377 g/mol. The maximum Gasteiger partial charge on any atom is 0.418 e. The number of halogens is 4. The van der Waals surface area contributed by atoms with Crippen LogP contribution in [0, 0.1) is 0 Å². The third-order valence-corrected chi connectivity index (χ3v) is 4.11. The third-order valence-electron chi connectivity index (χ3n) is 3.79. The summed E-state index contributed by atoms with van der Waals surface area (Å²) in [6, 6.07) is 2.31. The minimum Gasteiger partial charge on any atom is -0.493 e. The van der Waals surface area contributed by atoms with Gasteiger partial charge in [-0.15, -0.1) is 0 Å². The van der Waals surface area contributed by atoms with Crippen molar-refractivity contribution in [2.75, 3.05) is 17.3 Å². The van der Waals surface area contributed by atoms with E-state index in [1.165, 1.54) is 6.07 Å². The first-order valence-electron chi connectivity index (χ1n) is 7.28. The predicted molar refractivity (Wildman–Crippen MR) is 85.9 cm³/mol. The van der Waals surface area contributed by atoms with Crippen molar-refractivity contribution in [1.82, 2.24) is 0 Å². The molecule has 1 aromatic carbocycles. The maximum absolute atomic E-state index is 13.4. The molecule has 4 N–H and O–H groups in total. The fourth-order valence-corrected chi connectivity index (χ4v) is 2.94. The number of anilines is 1. The van der Waals surface area contributed by atoms with E-state index in [9.17, 15) is 18.3 Å². The maximum atomic E-state index is 13.4. The molecule has 0 bridgehead atoms. The number of nitrogens with one attached hydrogen (secondary N) is 1. The third kappa shape index (κ3) is 4.51. The molecular formula is C15H20BrF3N2O2. The van der Waals surface area contributed by atoms with Crippen LogP contribution in [0.5, 0.6) is 5.75 Å². The monoisotopic (exact) mass is 396 g/mol. The quantitative estimate of drug-likeness (QED) is 0.645. The minimum atomic E-state index is -4.52. The Bertz CT molecular complexity index is 556. The van der Waals surface area contributed by atoms with Crippen LogP contribution in [0.25, 0.3) is 0 Å². The van der Waals surface area contributed by atoms with Gasteiger partial charge < -0.3 is 20.9 Å². The first-order chi connectivity index (χ1) is 10.7. The minimum absolute atomic E-state index is 0.0216. The van der Waals surface area contributed by atoms with Crippen LogP contribution in [-0.2, 0) is 12.7 Å². The Morgan fingerprint density at radius 1 is 1.43 bits per heavy atom. The van der Waals surface area contributed by atoms with Gasteiger partial charge in [-0.3, -0.25) is 0 Å². The van der Waals surface area contributed by atoms with Crippen molar-refractivity contribution in [2.45, 2.75) is 44.1 Å². The molecule has 0 aliphatic heterocycles. The predicted octanol–water partition coefficient (Wildman–Crippen LogP) is 3.26. The second-order valence-electron chi connectivity index (χ2n) is 5.99. The summed E-state index contributed by atoms with van der Waals surface area (Å²) in [5.74, 6) is 0.142. The van der Waals surface area contributed by atoms with Gasteiger partial charge in [0.15, 0.2) is 0 Å². The lowest BCUT2D eigenvalue weighted by Gasteiger charge is -2.42. The second-order valence-corrected chi connectivity index (χ2v) is 6.78. The summed E-state index contributed by atoms with van der Waals surface area (Å²) >= 11 is 3.17. The summed E-state index contributed by atoms with van der Waals surface area (Å²) < 4.78 is 45.5. The molecule has 0 aromatic heterocycles. The van der Waals surface area contributed by atoms with Crippen LogP contribution in [-0.4, -0.2) is 28.7 Å². The Balaban J connectivity index is 2.33. The van der Waals surface area contributed by atoms with Crippen LogP contribution < -0.4 is 15.8 Å². The molecule has 2 rings (SSSR count). The molecule has 0 heterocycles. The van der Waals surface area contributed by atoms with Crippen molar-refractivity contribution in [1.29, 1.82) is 0 Å². The van der Waals surface area contributed by atoms with Gasteiger partial charge in [0.25, 0.3) is 0 Å². The number of benzene rings is 1. The standard InChI is InChI=1S/C15H20BrF3N2O2/c1-14(22)6-10(7-14)21-13-9(8-20)4-11(23-3-2-16)5-12(13)15(17,18)19/h4-5,10,21-22H,2-3,6-8,20H2,1H3/t10-,14+. The van der Waals surface area contributed by atoms with Gasteiger partial charge >= 0.3 is 6.18 Å². The van der Waals surface area contributed by atoms with E-state index < -0.39 is 17.3 Å². The van der Waals surface area contributed by atoms with Crippen molar-refractivity contribution in [2.24, 2.45) is 5.73 Å². The summed E-state index contributed by atoms with van der Waals surface area (Å²) in [6.45, 7) is 1.89. The molecule has 0 atom stereocenters. The molecule has 1 aliphatic rings. The second kappa shape index (κ2) is 6.86. The average molecular weight is 397 g/mol. The molecule has 1 aromatic rings. The van der Waals surface area contributed by atoms with Crippen LogP contribution in [0.3, 0.4) is 0 Å². The van der Waals surface area contributed by atoms with E-state index in [0.29, 0.717) is 23.7 Å². The zero-order chi connectivity index (χ0) is 17.3. The molecule has 1 aliphatic carbocycles. The summed E-state index contributed by atoms with van der Waals surface area (Å²) in [5.41, 5.74) is 4.33. The van der Waals surface area contributed by atoms with Crippen molar-refractivity contribution in [3.63, 3.8) is 0 Å². The van der Waals surface area contributed by atoms with E-state index in [1.54, 1.807) is 6.92 Å². The van der Waals surface area contributed by atoms with Gasteiger partial charge in [0.05, 0.1) is 23.5 Å². The van der Waals surface area contributed by atoms with Crippen molar-refractivity contribution in [3.8, 4) is 5.75 Å². The molecule has 4 nitrogen and oxygen atoms in total. The highest BCUT2D eigenvalue weighted by molar-refractivity contribution is 9.09. The zero-order valence-electron chi connectivity index (χ0n) is 12.7. The van der Waals surface area contributed by atoms with E-state index in [2.05, 4.69) is 21.2 Å². The Labute approximate surface area is 141 Å². The number of aliphatic hydroxyl groups is 1. The van der Waals surface area contributed by atoms with Gasteiger partial charge in [0.1, 0.15) is 5.75 Å². The molecule has 0 radical (unpaired) electrons. The van der Waals surface area contributed by atoms with Gasteiger partial charge in [0.2, 0.25) is 0 Å². The summed E-state index contributed by atoms with van der Waals surface area (Å²) in [5, 5.41) is 13.2. The van der Waals surface area contributed by atoms with Crippen molar-refractivity contribution < 1.29 is 23.0 Å². The first kappa shape index (κ1) is 18.4. The number of ether oxygens (including phenoxy) is 1. The Morgan fingerprint density at radius 2 is 2.09 bits per heavy atom. The largest absolute Gasteiger partial charge is 0.493 e. The van der Waals surface area contributed by atoms with Gasteiger partial charge in [-0.1, -0.05) is 15.9 Å². The van der Waals surface area contributed by atoms with Gasteiger partial charge in [-0.2, -0.15) is 13.2 Å². The van der Waals surface area contributed by atoms with Crippen LogP contribution in [0.4, 0.5) is 18.9 Å². The number of alkyl halides is 4. The lowest BCUT2D eigenvalue weighted by molar-refractivity contribution is -0.137. The molecule has 0 unspecified atom stereocenters. The summed E-state index contributed by atoms with van der Waals surface area (Å²) in [4.78, 5) is 0. The topological polar surface area (TPSA) is 67.5 Å². The Hall–Kier alpha value is -0.990. The lowest BCUT2D eigenvalue weighted by atomic mass is 9.77. The van der Waals surface area contributed by atoms with E-state index in [0.717, 1.165) is 6.07 Å². The molecule has 0 spiro atoms. The van der Waals surface area contributed by atoms with E-state index in [1.807, 2.05) is 0 Å². The highest BCUT2D eigenvalue weighted by Gasteiger charge is 2.41. The van der Waals surface area contributed by atoms with Crippen LogP contribution in [0.1, 0.15) is 30.9 Å². The molecule has 130 valence electrons. The fraction of sp³-hybridized carbons (Fsp3) is 0.600. The average Bonchev–Trinajstić information content (AvgIpc) is 2.42. The molecule has 0 saturated heterocycles. The van der Waals surface area contributed by atoms with E-state index in [-0.39, 0.29) is 30.6 Å². The zero-order valence-corrected chi connectivity index (χ0v) is 14.3.